The van der Waals surface area contributed by atoms with Crippen molar-refractivity contribution in [2.75, 3.05) is 10.6 Å². The molecule has 4 rings (SSSR count). The van der Waals surface area contributed by atoms with Crippen LogP contribution in [0.3, 0.4) is 0 Å². The highest BCUT2D eigenvalue weighted by atomic mass is 35.5. The Bertz CT molecular complexity index is 1230. The third-order valence-corrected chi connectivity index (χ3v) is 5.31. The van der Waals surface area contributed by atoms with Gasteiger partial charge in [0.15, 0.2) is 0 Å². The number of carbonyl (C=O) groups is 1. The third-order valence-electron chi connectivity index (χ3n) is 5.07. The first-order chi connectivity index (χ1) is 15.2. The summed E-state index contributed by atoms with van der Waals surface area (Å²) in [7, 11) is 0. The topological polar surface area (TPSA) is 94.0 Å². The van der Waals surface area contributed by atoms with Crippen molar-refractivity contribution in [3.8, 4) is 5.75 Å². The molecule has 0 saturated carbocycles. The Labute approximate surface area is 187 Å². The van der Waals surface area contributed by atoms with Crippen LogP contribution in [0.25, 0.3) is 0 Å². The van der Waals surface area contributed by atoms with Gasteiger partial charge in [-0.25, -0.2) is 0 Å². The van der Waals surface area contributed by atoms with Crippen molar-refractivity contribution in [3.05, 3.63) is 69.4 Å². The minimum atomic E-state index is -3.07. The molecular formula is C21H19ClF2N6O2. The van der Waals surface area contributed by atoms with Gasteiger partial charge < -0.3 is 15.4 Å². The van der Waals surface area contributed by atoms with Gasteiger partial charge in [-0.3, -0.25) is 4.79 Å². The Hall–Kier alpha value is -3.53. The lowest BCUT2D eigenvalue weighted by molar-refractivity contribution is -0.113. The lowest BCUT2D eigenvalue weighted by Gasteiger charge is -2.29. The predicted octanol–water partition coefficient (Wildman–Crippen LogP) is 4.47. The number of aryl methyl sites for hydroxylation is 2. The number of ether oxygens (including phenoxy) is 1. The minimum absolute atomic E-state index is 0.137. The lowest BCUT2D eigenvalue weighted by atomic mass is 9.94. The summed E-state index contributed by atoms with van der Waals surface area (Å²) in [5, 5.41) is 17.7. The molecule has 2 heterocycles. The predicted molar refractivity (Wildman–Crippen MR) is 115 cm³/mol. The fraction of sp³-hybridized carbons (Fsp3) is 0.238. The molecule has 8 nitrogen and oxygen atoms in total. The highest BCUT2D eigenvalue weighted by molar-refractivity contribution is 6.30. The summed E-state index contributed by atoms with van der Waals surface area (Å²) in [6.07, 6.45) is 0. The Balaban J connectivity index is 1.82. The van der Waals surface area contributed by atoms with E-state index >= 15 is 0 Å². The number of alkyl halides is 2. The van der Waals surface area contributed by atoms with Crippen LogP contribution in [0.4, 0.5) is 20.4 Å². The smallest absolute Gasteiger partial charge is 0.387 e. The highest BCUT2D eigenvalue weighted by Gasteiger charge is 2.36. The summed E-state index contributed by atoms with van der Waals surface area (Å²) in [4.78, 5) is 13.4. The van der Waals surface area contributed by atoms with Crippen LogP contribution in [-0.4, -0.2) is 32.7 Å². The van der Waals surface area contributed by atoms with Gasteiger partial charge in [-0.2, -0.15) is 13.5 Å². The lowest BCUT2D eigenvalue weighted by Crippen LogP contribution is -2.32. The second kappa shape index (κ2) is 8.54. The maximum atomic E-state index is 13.4. The monoisotopic (exact) mass is 460 g/mol. The van der Waals surface area contributed by atoms with Crippen molar-refractivity contribution in [3.63, 3.8) is 0 Å². The maximum absolute atomic E-state index is 13.4. The van der Waals surface area contributed by atoms with Crippen LogP contribution in [0.5, 0.6) is 5.75 Å². The van der Waals surface area contributed by atoms with Crippen molar-refractivity contribution >= 4 is 29.1 Å². The molecule has 0 unspecified atom stereocenters. The molecule has 3 aromatic rings. The first kappa shape index (κ1) is 21.7. The number of aromatic nitrogens is 4. The Kier molecular flexibility index (Phi) is 5.79. The largest absolute Gasteiger partial charge is 0.434 e. The zero-order valence-corrected chi connectivity index (χ0v) is 18.1. The van der Waals surface area contributed by atoms with E-state index in [4.69, 9.17) is 16.3 Å². The zero-order valence-electron chi connectivity index (χ0n) is 17.4. The molecule has 0 fully saturated rings. The molecular weight excluding hydrogens is 442 g/mol. The van der Waals surface area contributed by atoms with Crippen molar-refractivity contribution in [2.24, 2.45) is 0 Å². The molecule has 0 bridgehead atoms. The Morgan fingerprint density at radius 1 is 1.22 bits per heavy atom. The number of amides is 1. The number of nitrogens with one attached hydrogen (secondary N) is 2. The van der Waals surface area contributed by atoms with Gasteiger partial charge in [0.05, 0.1) is 5.57 Å². The summed E-state index contributed by atoms with van der Waals surface area (Å²) in [5.74, 6) is -0.336. The third kappa shape index (κ3) is 4.13. The fourth-order valence-corrected chi connectivity index (χ4v) is 3.85. The molecule has 1 atom stereocenters. The molecule has 0 aliphatic carbocycles. The number of rotatable bonds is 5. The van der Waals surface area contributed by atoms with E-state index in [9.17, 15) is 13.6 Å². The average Bonchev–Trinajstić information content (AvgIpc) is 3.18. The SMILES string of the molecule is CC1=C(C(=O)Nc2ccc(C)cc2C)[C@@H](c2cc(Cl)ccc2OC(F)F)n2nnnc2N1. The van der Waals surface area contributed by atoms with Crippen LogP contribution in [-0.2, 0) is 4.79 Å². The van der Waals surface area contributed by atoms with E-state index in [0.29, 0.717) is 11.4 Å². The number of nitrogens with zero attached hydrogens (tertiary/aromatic N) is 4. The summed E-state index contributed by atoms with van der Waals surface area (Å²) in [6.45, 7) is 2.45. The normalized spacial score (nSPS) is 15.4. The number of carbonyl (C=O) groups excluding carboxylic acids is 1. The summed E-state index contributed by atoms with van der Waals surface area (Å²) in [6, 6.07) is 8.87. The van der Waals surface area contributed by atoms with Crippen LogP contribution in [0.2, 0.25) is 5.02 Å². The van der Waals surface area contributed by atoms with Crippen LogP contribution in [0.15, 0.2) is 47.7 Å². The van der Waals surface area contributed by atoms with Gasteiger partial charge in [0, 0.05) is 22.0 Å². The first-order valence-corrected chi connectivity index (χ1v) is 10.0. The van der Waals surface area contributed by atoms with Gasteiger partial charge in [-0.05, 0) is 61.0 Å². The molecule has 0 saturated heterocycles. The maximum Gasteiger partial charge on any atom is 0.387 e. The van der Waals surface area contributed by atoms with Gasteiger partial charge >= 0.3 is 6.61 Å². The number of benzene rings is 2. The van der Waals surface area contributed by atoms with Crippen molar-refractivity contribution in [2.45, 2.75) is 33.4 Å². The molecule has 2 N–H and O–H groups in total. The van der Waals surface area contributed by atoms with E-state index in [2.05, 4.69) is 26.2 Å². The van der Waals surface area contributed by atoms with Crippen molar-refractivity contribution < 1.29 is 18.3 Å². The molecule has 11 heteroatoms. The van der Waals surface area contributed by atoms with Crippen molar-refractivity contribution in [1.29, 1.82) is 0 Å². The number of hydrogen-bond donors (Lipinski definition) is 2. The molecule has 0 spiro atoms. The second-order valence-corrected chi connectivity index (χ2v) is 7.78. The van der Waals surface area contributed by atoms with Crippen molar-refractivity contribution in [1.82, 2.24) is 20.2 Å². The fourth-order valence-electron chi connectivity index (χ4n) is 3.67. The number of anilines is 2. The van der Waals surface area contributed by atoms with Crippen LogP contribution in [0.1, 0.15) is 29.7 Å². The number of tetrazole rings is 1. The van der Waals surface area contributed by atoms with Gasteiger partial charge in [0.25, 0.3) is 5.91 Å². The molecule has 1 aromatic heterocycles. The first-order valence-electron chi connectivity index (χ1n) is 9.63. The molecule has 0 radical (unpaired) electrons. The van der Waals surface area contributed by atoms with Crippen LogP contribution in [0, 0.1) is 13.8 Å². The number of halogens is 3. The average molecular weight is 461 g/mol. The van der Waals surface area contributed by atoms with Crippen LogP contribution >= 0.6 is 11.6 Å². The van der Waals surface area contributed by atoms with E-state index in [1.165, 1.54) is 22.9 Å². The minimum Gasteiger partial charge on any atom is -0.434 e. The van der Waals surface area contributed by atoms with E-state index in [1.807, 2.05) is 26.0 Å². The van der Waals surface area contributed by atoms with E-state index in [0.717, 1.165) is 11.1 Å². The summed E-state index contributed by atoms with van der Waals surface area (Å²) >= 11 is 6.17. The van der Waals surface area contributed by atoms with Gasteiger partial charge in [-0.15, -0.1) is 0 Å². The number of hydrogen-bond acceptors (Lipinski definition) is 6. The number of fused-ring (bicyclic) bond motifs is 1. The summed E-state index contributed by atoms with van der Waals surface area (Å²) < 4.78 is 32.2. The second-order valence-electron chi connectivity index (χ2n) is 7.35. The zero-order chi connectivity index (χ0) is 23.0. The Morgan fingerprint density at radius 2 is 2.00 bits per heavy atom. The van der Waals surface area contributed by atoms with Gasteiger partial charge in [-0.1, -0.05) is 34.4 Å². The summed E-state index contributed by atoms with van der Waals surface area (Å²) in [5.41, 5.74) is 3.47. The van der Waals surface area contributed by atoms with E-state index in [-0.39, 0.29) is 27.9 Å². The molecule has 166 valence electrons. The molecule has 1 aliphatic rings. The van der Waals surface area contributed by atoms with Gasteiger partial charge in [0.1, 0.15) is 11.8 Å². The number of allylic oxidation sites excluding steroid dienone is 1. The van der Waals surface area contributed by atoms with E-state index < -0.39 is 18.6 Å². The van der Waals surface area contributed by atoms with E-state index in [1.54, 1.807) is 13.0 Å². The molecule has 32 heavy (non-hydrogen) atoms. The highest BCUT2D eigenvalue weighted by Crippen LogP contribution is 2.40. The quantitative estimate of drug-likeness (QED) is 0.583. The molecule has 1 amide bonds. The van der Waals surface area contributed by atoms with Crippen LogP contribution < -0.4 is 15.4 Å². The van der Waals surface area contributed by atoms with Gasteiger partial charge in [0.2, 0.25) is 5.95 Å². The standard InChI is InChI=1S/C21H19ClF2N6O2/c1-10-4-6-15(11(2)8-10)26-19(31)17-12(3)25-21-27-28-29-30(21)18(17)14-9-13(22)5-7-16(14)32-20(23)24/h4-9,18,20H,1-3H3,(H,26,31)(H,25,27,29)/t18-/m1/s1. The molecule has 1 aliphatic heterocycles. The molecule has 2 aromatic carbocycles. The Morgan fingerprint density at radius 3 is 2.72 bits per heavy atom.